The lowest BCUT2D eigenvalue weighted by Crippen LogP contribution is -2.55. The van der Waals surface area contributed by atoms with Gasteiger partial charge >= 0.3 is 0 Å². The molecule has 0 aromatic rings. The van der Waals surface area contributed by atoms with E-state index >= 15 is 0 Å². The molecule has 92 valence electrons. The average Bonchev–Trinajstić information content (AvgIpc) is 2.85. The molecule has 0 aromatic carbocycles. The molecule has 0 bridgehead atoms. The molecular weight excluding hydrogens is 202 g/mol. The number of hydrogen-bond donors (Lipinski definition) is 2. The lowest BCUT2D eigenvalue weighted by Gasteiger charge is -2.38. The second-order valence-corrected chi connectivity index (χ2v) is 4.65. The van der Waals surface area contributed by atoms with Crippen molar-refractivity contribution in [2.24, 2.45) is 10.8 Å². The number of aliphatic imine (C=N–C) groups is 1. The van der Waals surface area contributed by atoms with Crippen molar-refractivity contribution in [3.8, 4) is 0 Å². The zero-order valence-corrected chi connectivity index (χ0v) is 10.2. The van der Waals surface area contributed by atoms with Crippen molar-refractivity contribution in [3.63, 3.8) is 0 Å². The van der Waals surface area contributed by atoms with E-state index in [-0.39, 0.29) is 0 Å². The van der Waals surface area contributed by atoms with Crippen LogP contribution < -0.4 is 11.3 Å². The molecule has 1 aliphatic carbocycles. The van der Waals surface area contributed by atoms with Crippen molar-refractivity contribution in [3.05, 3.63) is 0 Å². The van der Waals surface area contributed by atoms with Gasteiger partial charge < -0.3 is 4.90 Å². The highest BCUT2D eigenvalue weighted by Gasteiger charge is 2.26. The summed E-state index contributed by atoms with van der Waals surface area (Å²) in [5.41, 5.74) is 2.66. The molecule has 0 amide bonds. The summed E-state index contributed by atoms with van der Waals surface area (Å²) in [6, 6.07) is 0.843. The zero-order valence-electron chi connectivity index (χ0n) is 10.2. The van der Waals surface area contributed by atoms with Crippen LogP contribution in [-0.4, -0.2) is 55.0 Å². The van der Waals surface area contributed by atoms with Crippen molar-refractivity contribution in [1.29, 1.82) is 0 Å². The van der Waals surface area contributed by atoms with Gasteiger partial charge in [0.1, 0.15) is 0 Å². The zero-order chi connectivity index (χ0) is 11.4. The van der Waals surface area contributed by atoms with Crippen LogP contribution in [-0.2, 0) is 0 Å². The maximum Gasteiger partial charge on any atom is 0.208 e. The molecule has 5 nitrogen and oxygen atoms in total. The Bertz CT molecular complexity index is 239. The van der Waals surface area contributed by atoms with Gasteiger partial charge in [0.05, 0.1) is 0 Å². The highest BCUT2D eigenvalue weighted by atomic mass is 15.4. The first-order valence-corrected chi connectivity index (χ1v) is 6.27. The maximum absolute atomic E-state index is 5.43. The average molecular weight is 225 g/mol. The molecule has 0 atom stereocenters. The molecule has 2 aliphatic rings. The number of nitrogens with two attached hydrogens (primary N) is 1. The summed E-state index contributed by atoms with van der Waals surface area (Å²) in [7, 11) is 1.78. The van der Waals surface area contributed by atoms with Crippen LogP contribution in [0.4, 0.5) is 0 Å². The molecule has 2 fully saturated rings. The monoisotopic (exact) mass is 225 g/mol. The number of rotatable bonds is 1. The van der Waals surface area contributed by atoms with Gasteiger partial charge in [-0.3, -0.25) is 15.3 Å². The van der Waals surface area contributed by atoms with Crippen molar-refractivity contribution in [2.45, 2.75) is 31.7 Å². The van der Waals surface area contributed by atoms with Crippen molar-refractivity contribution < 1.29 is 0 Å². The Hall–Kier alpha value is -0.810. The number of hydrazine groups is 1. The van der Waals surface area contributed by atoms with E-state index < -0.39 is 0 Å². The van der Waals surface area contributed by atoms with Crippen LogP contribution >= 0.6 is 0 Å². The molecule has 1 saturated heterocycles. The topological polar surface area (TPSA) is 56.9 Å². The number of hydrogen-bond acceptors (Lipinski definition) is 3. The molecule has 1 heterocycles. The van der Waals surface area contributed by atoms with Crippen LogP contribution in [0.5, 0.6) is 0 Å². The van der Waals surface area contributed by atoms with E-state index in [1.54, 1.807) is 7.05 Å². The van der Waals surface area contributed by atoms with Gasteiger partial charge in [-0.05, 0) is 12.8 Å². The van der Waals surface area contributed by atoms with Crippen molar-refractivity contribution in [1.82, 2.24) is 15.2 Å². The minimum absolute atomic E-state index is 0.811. The summed E-state index contributed by atoms with van der Waals surface area (Å²) in [5.74, 6) is 6.25. The third-order valence-electron chi connectivity index (χ3n) is 3.80. The SMILES string of the molecule is CN=C(NN)N1CCN(C2CCCC2)CC1. The standard InChI is InChI=1S/C11H23N5/c1-13-11(14-12)16-8-6-15(7-9-16)10-4-2-3-5-10/h10H,2-9,12H2,1H3,(H,13,14). The highest BCUT2D eigenvalue weighted by molar-refractivity contribution is 5.79. The van der Waals surface area contributed by atoms with E-state index in [1.165, 1.54) is 25.7 Å². The van der Waals surface area contributed by atoms with Crippen LogP contribution in [0.3, 0.4) is 0 Å². The van der Waals surface area contributed by atoms with Gasteiger partial charge in [-0.15, -0.1) is 0 Å². The van der Waals surface area contributed by atoms with Crippen molar-refractivity contribution >= 4 is 5.96 Å². The van der Waals surface area contributed by atoms with E-state index in [4.69, 9.17) is 5.84 Å². The molecule has 2 rings (SSSR count). The Labute approximate surface area is 97.7 Å². The Balaban J connectivity index is 1.82. The Kier molecular flexibility index (Phi) is 4.01. The van der Waals surface area contributed by atoms with Gasteiger partial charge in [0.25, 0.3) is 0 Å². The number of piperazine rings is 1. The number of guanidine groups is 1. The third-order valence-corrected chi connectivity index (χ3v) is 3.80. The smallest absolute Gasteiger partial charge is 0.208 e. The molecule has 0 spiro atoms. The summed E-state index contributed by atoms with van der Waals surface area (Å²) < 4.78 is 0. The molecule has 0 aromatic heterocycles. The fraction of sp³-hybridized carbons (Fsp3) is 0.909. The second-order valence-electron chi connectivity index (χ2n) is 4.65. The van der Waals surface area contributed by atoms with E-state index in [9.17, 15) is 0 Å². The third kappa shape index (κ3) is 2.47. The van der Waals surface area contributed by atoms with Crippen LogP contribution in [0, 0.1) is 0 Å². The fourth-order valence-electron chi connectivity index (χ4n) is 2.87. The summed E-state index contributed by atoms with van der Waals surface area (Å²) in [5, 5.41) is 0. The molecule has 5 heteroatoms. The first-order chi connectivity index (χ1) is 7.85. The van der Waals surface area contributed by atoms with Gasteiger partial charge in [0, 0.05) is 39.3 Å². The Morgan fingerprint density at radius 1 is 1.19 bits per heavy atom. The quantitative estimate of drug-likeness (QED) is 0.285. The van der Waals surface area contributed by atoms with Gasteiger partial charge in [0.15, 0.2) is 0 Å². The summed E-state index contributed by atoms with van der Waals surface area (Å²) in [6.07, 6.45) is 5.61. The summed E-state index contributed by atoms with van der Waals surface area (Å²) in [4.78, 5) is 9.00. The fourth-order valence-corrected chi connectivity index (χ4v) is 2.87. The van der Waals surface area contributed by atoms with Gasteiger partial charge in [-0.1, -0.05) is 12.8 Å². The summed E-state index contributed by atoms with van der Waals surface area (Å²) in [6.45, 7) is 4.36. The van der Waals surface area contributed by atoms with E-state index in [0.717, 1.165) is 38.2 Å². The minimum Gasteiger partial charge on any atom is -0.339 e. The molecule has 0 radical (unpaired) electrons. The Morgan fingerprint density at radius 2 is 1.81 bits per heavy atom. The first kappa shape index (κ1) is 11.7. The molecule has 0 unspecified atom stereocenters. The normalized spacial score (nSPS) is 25.1. The maximum atomic E-state index is 5.43. The molecule has 1 saturated carbocycles. The van der Waals surface area contributed by atoms with Gasteiger partial charge in [0.2, 0.25) is 5.96 Å². The van der Waals surface area contributed by atoms with Crippen LogP contribution in [0.15, 0.2) is 4.99 Å². The molecule has 16 heavy (non-hydrogen) atoms. The highest BCUT2D eigenvalue weighted by Crippen LogP contribution is 2.24. The largest absolute Gasteiger partial charge is 0.339 e. The predicted molar refractivity (Wildman–Crippen MR) is 66.1 cm³/mol. The number of nitrogens with zero attached hydrogens (tertiary/aromatic N) is 3. The second kappa shape index (κ2) is 5.50. The Morgan fingerprint density at radius 3 is 2.31 bits per heavy atom. The molecule has 1 aliphatic heterocycles. The van der Waals surface area contributed by atoms with E-state index in [0.29, 0.717) is 0 Å². The van der Waals surface area contributed by atoms with E-state index in [1.807, 2.05) is 0 Å². The van der Waals surface area contributed by atoms with Gasteiger partial charge in [-0.25, -0.2) is 5.84 Å². The lowest BCUT2D eigenvalue weighted by molar-refractivity contribution is 0.132. The van der Waals surface area contributed by atoms with Crippen molar-refractivity contribution in [2.75, 3.05) is 33.2 Å². The van der Waals surface area contributed by atoms with Gasteiger partial charge in [-0.2, -0.15) is 0 Å². The predicted octanol–water partition coefficient (Wildman–Crippen LogP) is -0.00430. The van der Waals surface area contributed by atoms with Crippen LogP contribution in [0.2, 0.25) is 0 Å². The van der Waals surface area contributed by atoms with Crippen LogP contribution in [0.1, 0.15) is 25.7 Å². The lowest BCUT2D eigenvalue weighted by atomic mass is 10.2. The van der Waals surface area contributed by atoms with Crippen LogP contribution in [0.25, 0.3) is 0 Å². The summed E-state index contributed by atoms with van der Waals surface area (Å²) >= 11 is 0. The minimum atomic E-state index is 0.811. The molecule has 3 N–H and O–H groups in total. The number of nitrogens with one attached hydrogen (secondary N) is 1. The van der Waals surface area contributed by atoms with E-state index in [2.05, 4.69) is 20.2 Å². The molecular formula is C11H23N5. The first-order valence-electron chi connectivity index (χ1n) is 6.27.